The minimum absolute atomic E-state index is 0.552. The van der Waals surface area contributed by atoms with Gasteiger partial charge in [0.05, 0.1) is 11.4 Å². The largest absolute Gasteiger partial charge is 0.408 e. The van der Waals surface area contributed by atoms with Gasteiger partial charge in [0.2, 0.25) is 0 Å². The Hall–Kier alpha value is -1.82. The quantitative estimate of drug-likeness (QED) is 0.816. The molecule has 1 aromatic heterocycles. The Balaban J connectivity index is 2.46. The molecule has 2 rings (SSSR count). The van der Waals surface area contributed by atoms with E-state index < -0.39 is 12.7 Å². The van der Waals surface area contributed by atoms with Gasteiger partial charge in [0.15, 0.2) is 0 Å². The summed E-state index contributed by atoms with van der Waals surface area (Å²) < 4.78 is 39.7. The van der Waals surface area contributed by atoms with Crippen LogP contribution >= 0.6 is 0 Å². The smallest absolute Gasteiger partial charge is 0.309 e. The van der Waals surface area contributed by atoms with Crippen LogP contribution in [0.3, 0.4) is 0 Å². The molecule has 0 fully saturated rings. The van der Waals surface area contributed by atoms with Gasteiger partial charge in [0, 0.05) is 12.1 Å². The van der Waals surface area contributed by atoms with Gasteiger partial charge in [0.1, 0.15) is 6.54 Å². The molecule has 2 aromatic rings. The lowest BCUT2D eigenvalue weighted by Crippen LogP contribution is -2.19. The Morgan fingerprint density at radius 1 is 1.12 bits per heavy atom. The van der Waals surface area contributed by atoms with Gasteiger partial charge >= 0.3 is 6.18 Å². The average molecular weight is 339 g/mol. The van der Waals surface area contributed by atoms with Crippen LogP contribution in [0.4, 0.5) is 13.2 Å². The number of benzene rings is 1. The third-order valence-electron chi connectivity index (χ3n) is 4.21. The summed E-state index contributed by atoms with van der Waals surface area (Å²) in [4.78, 5) is 2.09. The van der Waals surface area contributed by atoms with E-state index in [0.717, 1.165) is 39.9 Å². The van der Waals surface area contributed by atoms with E-state index in [1.54, 1.807) is 6.92 Å². The van der Waals surface area contributed by atoms with E-state index in [9.17, 15) is 13.2 Å². The fraction of sp³-hybridized carbons (Fsp3) is 0.500. The van der Waals surface area contributed by atoms with E-state index >= 15 is 0 Å². The van der Waals surface area contributed by atoms with E-state index in [0.29, 0.717) is 11.4 Å². The molecule has 0 spiro atoms. The molecule has 3 nitrogen and oxygen atoms in total. The summed E-state index contributed by atoms with van der Waals surface area (Å²) in [5, 5.41) is 4.09. The van der Waals surface area contributed by atoms with Crippen molar-refractivity contribution in [2.24, 2.45) is 0 Å². The molecule has 132 valence electrons. The second kappa shape index (κ2) is 6.97. The second-order valence-electron chi connectivity index (χ2n) is 6.53. The van der Waals surface area contributed by atoms with Gasteiger partial charge in [0.25, 0.3) is 0 Å². The number of rotatable bonds is 5. The summed E-state index contributed by atoms with van der Waals surface area (Å²) in [7, 11) is 4.01. The zero-order chi connectivity index (χ0) is 18.1. The SMILES string of the molecule is Cc1ccc(-c2c(C)c(C)nn2CC(F)(F)F)cc1CCN(C)C. The van der Waals surface area contributed by atoms with Gasteiger partial charge in [-0.05, 0) is 64.0 Å². The first-order valence-corrected chi connectivity index (χ1v) is 7.94. The Morgan fingerprint density at radius 2 is 1.79 bits per heavy atom. The predicted octanol–water partition coefficient (Wildman–Crippen LogP) is 4.14. The van der Waals surface area contributed by atoms with Crippen LogP contribution in [0.25, 0.3) is 11.3 Å². The first kappa shape index (κ1) is 18.5. The summed E-state index contributed by atoms with van der Waals surface area (Å²) >= 11 is 0. The Morgan fingerprint density at radius 3 is 2.38 bits per heavy atom. The zero-order valence-corrected chi connectivity index (χ0v) is 14.8. The number of aryl methyl sites for hydroxylation is 2. The molecule has 0 bridgehead atoms. The summed E-state index contributed by atoms with van der Waals surface area (Å²) in [6.45, 7) is 5.42. The van der Waals surface area contributed by atoms with Gasteiger partial charge in [-0.1, -0.05) is 12.1 Å². The summed E-state index contributed by atoms with van der Waals surface area (Å²) in [5.74, 6) is 0. The van der Waals surface area contributed by atoms with Crippen LogP contribution in [0.2, 0.25) is 0 Å². The Bertz CT molecular complexity index is 715. The fourth-order valence-corrected chi connectivity index (χ4v) is 2.75. The number of alkyl halides is 3. The molecule has 0 aliphatic heterocycles. The maximum Gasteiger partial charge on any atom is 0.408 e. The van der Waals surface area contributed by atoms with Gasteiger partial charge < -0.3 is 4.90 Å². The van der Waals surface area contributed by atoms with Gasteiger partial charge in [-0.15, -0.1) is 0 Å². The van der Waals surface area contributed by atoms with Crippen LogP contribution in [0.5, 0.6) is 0 Å². The first-order valence-electron chi connectivity index (χ1n) is 7.94. The molecule has 0 saturated heterocycles. The lowest BCUT2D eigenvalue weighted by atomic mass is 9.98. The Kier molecular flexibility index (Phi) is 5.38. The highest BCUT2D eigenvalue weighted by Gasteiger charge is 2.30. The monoisotopic (exact) mass is 339 g/mol. The molecule has 6 heteroatoms. The highest BCUT2D eigenvalue weighted by atomic mass is 19.4. The van der Waals surface area contributed by atoms with E-state index in [-0.39, 0.29) is 0 Å². The highest BCUT2D eigenvalue weighted by molar-refractivity contribution is 5.66. The standard InChI is InChI=1S/C18H24F3N3/c1-12-6-7-16(10-15(12)8-9-23(4)5)17-13(2)14(3)22-24(17)11-18(19,20)21/h6-7,10H,8-9,11H2,1-5H3. The number of aromatic nitrogens is 2. The third kappa shape index (κ3) is 4.38. The van der Waals surface area contributed by atoms with E-state index in [1.165, 1.54) is 0 Å². The van der Waals surface area contributed by atoms with Gasteiger partial charge in [-0.3, -0.25) is 4.68 Å². The van der Waals surface area contributed by atoms with Crippen molar-refractivity contribution in [1.82, 2.24) is 14.7 Å². The maximum absolute atomic E-state index is 12.9. The van der Waals surface area contributed by atoms with Crippen molar-refractivity contribution in [3.05, 3.63) is 40.6 Å². The van der Waals surface area contributed by atoms with Gasteiger partial charge in [-0.2, -0.15) is 18.3 Å². The lowest BCUT2D eigenvalue weighted by molar-refractivity contribution is -0.142. The van der Waals surface area contributed by atoms with Crippen molar-refractivity contribution in [3.63, 3.8) is 0 Å². The number of halogens is 3. The number of nitrogens with zero attached hydrogens (tertiary/aromatic N) is 3. The first-order chi connectivity index (χ1) is 11.1. The molecule has 0 saturated carbocycles. The summed E-state index contributed by atoms with van der Waals surface area (Å²) in [6, 6.07) is 5.85. The lowest BCUT2D eigenvalue weighted by Gasteiger charge is -2.15. The minimum atomic E-state index is -4.29. The molecule has 24 heavy (non-hydrogen) atoms. The van der Waals surface area contributed by atoms with Crippen LogP contribution in [-0.4, -0.2) is 41.5 Å². The molecule has 0 aliphatic carbocycles. The average Bonchev–Trinajstić information content (AvgIpc) is 2.71. The number of hydrogen-bond donors (Lipinski definition) is 0. The predicted molar refractivity (Wildman–Crippen MR) is 90.2 cm³/mol. The molecule has 0 radical (unpaired) electrons. The molecule has 0 amide bonds. The third-order valence-corrected chi connectivity index (χ3v) is 4.21. The van der Waals surface area contributed by atoms with Gasteiger partial charge in [-0.25, -0.2) is 0 Å². The molecule has 1 aromatic carbocycles. The molecule has 0 aliphatic rings. The van der Waals surface area contributed by atoms with Crippen LogP contribution in [0.15, 0.2) is 18.2 Å². The van der Waals surface area contributed by atoms with E-state index in [4.69, 9.17) is 0 Å². The van der Waals surface area contributed by atoms with Crippen molar-refractivity contribution in [2.45, 2.75) is 39.9 Å². The number of likely N-dealkylation sites (N-methyl/N-ethyl adjacent to an activating group) is 1. The summed E-state index contributed by atoms with van der Waals surface area (Å²) in [5.41, 5.74) is 5.06. The van der Waals surface area contributed by atoms with Crippen molar-refractivity contribution in [1.29, 1.82) is 0 Å². The van der Waals surface area contributed by atoms with Crippen LogP contribution in [-0.2, 0) is 13.0 Å². The van der Waals surface area contributed by atoms with Crippen LogP contribution in [0.1, 0.15) is 22.4 Å². The molecule has 1 heterocycles. The van der Waals surface area contributed by atoms with Crippen molar-refractivity contribution in [2.75, 3.05) is 20.6 Å². The molecular formula is C18H24F3N3. The van der Waals surface area contributed by atoms with E-state index in [1.807, 2.05) is 46.1 Å². The second-order valence-corrected chi connectivity index (χ2v) is 6.53. The zero-order valence-electron chi connectivity index (χ0n) is 14.8. The van der Waals surface area contributed by atoms with E-state index in [2.05, 4.69) is 10.00 Å². The van der Waals surface area contributed by atoms with Crippen LogP contribution < -0.4 is 0 Å². The topological polar surface area (TPSA) is 21.1 Å². The van der Waals surface area contributed by atoms with Crippen molar-refractivity contribution < 1.29 is 13.2 Å². The Labute approximate surface area is 141 Å². The fourth-order valence-electron chi connectivity index (χ4n) is 2.75. The van der Waals surface area contributed by atoms with Crippen molar-refractivity contribution in [3.8, 4) is 11.3 Å². The van der Waals surface area contributed by atoms with Crippen molar-refractivity contribution >= 4 is 0 Å². The van der Waals surface area contributed by atoms with Crippen LogP contribution in [0, 0.1) is 20.8 Å². The summed E-state index contributed by atoms with van der Waals surface area (Å²) in [6.07, 6.45) is -3.43. The maximum atomic E-state index is 12.9. The molecular weight excluding hydrogens is 315 g/mol. The normalized spacial score (nSPS) is 12.2. The highest BCUT2D eigenvalue weighted by Crippen LogP contribution is 2.30. The molecule has 0 N–H and O–H groups in total. The number of hydrogen-bond acceptors (Lipinski definition) is 2. The molecule has 0 atom stereocenters. The minimum Gasteiger partial charge on any atom is -0.309 e. The molecule has 0 unspecified atom stereocenters.